The molecular formula is C10H19NO. The topological polar surface area (TPSA) is 33.0 Å². The van der Waals surface area contributed by atoms with Crippen molar-refractivity contribution in [2.75, 3.05) is 6.61 Å². The smallest absolute Gasteiger partial charge is 0.0657 e. The van der Waals surface area contributed by atoms with Crippen molar-refractivity contribution in [2.24, 2.45) is 5.92 Å². The average molecular weight is 169 g/mol. The first-order valence-corrected chi connectivity index (χ1v) is 4.79. The van der Waals surface area contributed by atoms with E-state index in [0.29, 0.717) is 6.10 Å². The fraction of sp³-hybridized carbons (Fsp3) is 0.900. The van der Waals surface area contributed by atoms with Gasteiger partial charge >= 0.3 is 0 Å². The summed E-state index contributed by atoms with van der Waals surface area (Å²) >= 11 is 0. The van der Waals surface area contributed by atoms with E-state index in [1.165, 1.54) is 6.42 Å². The van der Waals surface area contributed by atoms with Crippen LogP contribution in [0.25, 0.3) is 0 Å². The lowest BCUT2D eigenvalue weighted by Crippen LogP contribution is -2.30. The second-order valence-electron chi connectivity index (χ2n) is 3.08. The van der Waals surface area contributed by atoms with E-state index in [0.717, 1.165) is 19.4 Å². The zero-order valence-electron chi connectivity index (χ0n) is 8.34. The minimum absolute atomic E-state index is 0.279. The summed E-state index contributed by atoms with van der Waals surface area (Å²) in [6.07, 6.45) is 3.54. The van der Waals surface area contributed by atoms with E-state index >= 15 is 0 Å². The van der Waals surface area contributed by atoms with Crippen LogP contribution < -0.4 is 0 Å². The Morgan fingerprint density at radius 1 is 1.33 bits per heavy atom. The molecule has 12 heavy (non-hydrogen) atoms. The van der Waals surface area contributed by atoms with Gasteiger partial charge < -0.3 is 4.74 Å². The third kappa shape index (κ3) is 4.35. The molecule has 0 aromatic carbocycles. The van der Waals surface area contributed by atoms with Crippen LogP contribution in [0.1, 0.15) is 40.0 Å². The zero-order valence-corrected chi connectivity index (χ0v) is 8.34. The molecule has 2 heteroatoms. The summed E-state index contributed by atoms with van der Waals surface area (Å²) in [5.74, 6) is 0.279. The highest BCUT2D eigenvalue weighted by Crippen LogP contribution is 2.28. The van der Waals surface area contributed by atoms with Crippen LogP contribution in [0.15, 0.2) is 0 Å². The highest BCUT2D eigenvalue weighted by molar-refractivity contribution is 4.94. The van der Waals surface area contributed by atoms with E-state index < -0.39 is 0 Å². The first-order chi connectivity index (χ1) is 5.78. The van der Waals surface area contributed by atoms with E-state index in [9.17, 15) is 0 Å². The van der Waals surface area contributed by atoms with Crippen molar-refractivity contribution in [2.45, 2.75) is 46.1 Å². The predicted molar refractivity (Wildman–Crippen MR) is 49.7 cm³/mol. The normalized spacial score (nSPS) is 26.2. The SMILES string of the molecule is CCC.CCOC1CC(C#N)C1. The van der Waals surface area contributed by atoms with Crippen molar-refractivity contribution in [1.29, 1.82) is 5.26 Å². The molecule has 0 N–H and O–H groups in total. The molecule has 0 aliphatic heterocycles. The van der Waals surface area contributed by atoms with Crippen molar-refractivity contribution in [3.8, 4) is 6.07 Å². The van der Waals surface area contributed by atoms with E-state index in [-0.39, 0.29) is 5.92 Å². The number of rotatable bonds is 2. The van der Waals surface area contributed by atoms with Gasteiger partial charge in [-0.05, 0) is 19.8 Å². The van der Waals surface area contributed by atoms with Crippen LogP contribution in [0.4, 0.5) is 0 Å². The maximum absolute atomic E-state index is 8.37. The molecule has 0 aromatic heterocycles. The van der Waals surface area contributed by atoms with Crippen LogP contribution in [-0.4, -0.2) is 12.7 Å². The van der Waals surface area contributed by atoms with Crippen molar-refractivity contribution in [3.63, 3.8) is 0 Å². The molecule has 0 bridgehead atoms. The lowest BCUT2D eigenvalue weighted by Gasteiger charge is -2.29. The largest absolute Gasteiger partial charge is 0.378 e. The summed E-state index contributed by atoms with van der Waals surface area (Å²) in [7, 11) is 0. The van der Waals surface area contributed by atoms with Crippen molar-refractivity contribution in [1.82, 2.24) is 0 Å². The standard InChI is InChI=1S/C7H11NO.C3H8/c1-2-9-7-3-6(4-7)5-8;1-3-2/h6-7H,2-4H2,1H3;3H2,1-2H3. The average Bonchev–Trinajstić information content (AvgIpc) is 1.97. The van der Waals surface area contributed by atoms with Crippen molar-refractivity contribution in [3.05, 3.63) is 0 Å². The minimum atomic E-state index is 0.279. The van der Waals surface area contributed by atoms with Crippen LogP contribution in [0, 0.1) is 17.2 Å². The lowest BCUT2D eigenvalue weighted by molar-refractivity contribution is -0.00941. The molecule has 0 atom stereocenters. The number of hydrogen-bond donors (Lipinski definition) is 0. The molecule has 0 amide bonds. The Morgan fingerprint density at radius 2 is 1.83 bits per heavy atom. The molecule has 1 aliphatic rings. The molecule has 0 unspecified atom stereocenters. The van der Waals surface area contributed by atoms with Gasteiger partial charge in [0, 0.05) is 6.61 Å². The van der Waals surface area contributed by atoms with E-state index in [1.54, 1.807) is 0 Å². The van der Waals surface area contributed by atoms with Crippen LogP contribution >= 0.6 is 0 Å². The van der Waals surface area contributed by atoms with Gasteiger partial charge in [0.05, 0.1) is 18.1 Å². The van der Waals surface area contributed by atoms with E-state index in [1.807, 2.05) is 6.92 Å². The monoisotopic (exact) mass is 169 g/mol. The number of hydrogen-bond acceptors (Lipinski definition) is 2. The van der Waals surface area contributed by atoms with Gasteiger partial charge in [0.1, 0.15) is 0 Å². The fourth-order valence-corrected chi connectivity index (χ4v) is 1.04. The Hall–Kier alpha value is -0.550. The Kier molecular flexibility index (Phi) is 6.79. The molecule has 0 saturated heterocycles. The van der Waals surface area contributed by atoms with Gasteiger partial charge in [0.15, 0.2) is 0 Å². The summed E-state index contributed by atoms with van der Waals surface area (Å²) in [5.41, 5.74) is 0. The van der Waals surface area contributed by atoms with Crippen LogP contribution in [0.5, 0.6) is 0 Å². The van der Waals surface area contributed by atoms with E-state index in [2.05, 4.69) is 19.9 Å². The summed E-state index contributed by atoms with van der Waals surface area (Å²) in [4.78, 5) is 0. The fourth-order valence-electron chi connectivity index (χ4n) is 1.04. The Morgan fingerprint density at radius 3 is 2.17 bits per heavy atom. The maximum atomic E-state index is 8.37. The molecule has 0 spiro atoms. The number of ether oxygens (including phenoxy) is 1. The Balaban J connectivity index is 0.000000354. The van der Waals surface area contributed by atoms with Gasteiger partial charge in [-0.3, -0.25) is 0 Å². The van der Waals surface area contributed by atoms with E-state index in [4.69, 9.17) is 10.00 Å². The van der Waals surface area contributed by atoms with Crippen LogP contribution in [0.2, 0.25) is 0 Å². The summed E-state index contributed by atoms with van der Waals surface area (Å²) in [6, 6.07) is 2.21. The first kappa shape index (κ1) is 11.4. The highest BCUT2D eigenvalue weighted by atomic mass is 16.5. The van der Waals surface area contributed by atoms with Gasteiger partial charge in [-0.15, -0.1) is 0 Å². The quantitative estimate of drug-likeness (QED) is 0.636. The predicted octanol–water partition coefficient (Wildman–Crippen LogP) is 2.74. The van der Waals surface area contributed by atoms with Crippen LogP contribution in [-0.2, 0) is 4.74 Å². The molecular weight excluding hydrogens is 150 g/mol. The summed E-state index contributed by atoms with van der Waals surface area (Å²) < 4.78 is 5.26. The molecule has 70 valence electrons. The van der Waals surface area contributed by atoms with Gasteiger partial charge in [-0.25, -0.2) is 0 Å². The molecule has 1 saturated carbocycles. The highest BCUT2D eigenvalue weighted by Gasteiger charge is 2.28. The van der Waals surface area contributed by atoms with Crippen LogP contribution in [0.3, 0.4) is 0 Å². The second kappa shape index (κ2) is 7.12. The summed E-state index contributed by atoms with van der Waals surface area (Å²) in [6.45, 7) is 7.02. The third-order valence-electron chi connectivity index (χ3n) is 1.68. The van der Waals surface area contributed by atoms with Crippen molar-refractivity contribution < 1.29 is 4.74 Å². The Bertz CT molecular complexity index is 133. The van der Waals surface area contributed by atoms with Crippen molar-refractivity contribution >= 4 is 0 Å². The maximum Gasteiger partial charge on any atom is 0.0657 e. The molecule has 0 radical (unpaired) electrons. The molecule has 1 fully saturated rings. The zero-order chi connectivity index (χ0) is 9.40. The molecule has 1 aliphatic carbocycles. The van der Waals surface area contributed by atoms with Gasteiger partial charge in [-0.1, -0.05) is 20.3 Å². The van der Waals surface area contributed by atoms with Gasteiger partial charge in [-0.2, -0.15) is 5.26 Å². The lowest BCUT2D eigenvalue weighted by atomic mass is 9.84. The summed E-state index contributed by atoms with van der Waals surface area (Å²) in [5, 5.41) is 8.37. The first-order valence-electron chi connectivity index (χ1n) is 4.79. The Labute approximate surface area is 75.5 Å². The minimum Gasteiger partial charge on any atom is -0.378 e. The molecule has 1 rings (SSSR count). The van der Waals surface area contributed by atoms with Gasteiger partial charge in [0.25, 0.3) is 0 Å². The second-order valence-corrected chi connectivity index (χ2v) is 3.08. The third-order valence-corrected chi connectivity index (χ3v) is 1.68. The molecule has 2 nitrogen and oxygen atoms in total. The van der Waals surface area contributed by atoms with Gasteiger partial charge in [0.2, 0.25) is 0 Å². The number of nitriles is 1. The number of nitrogens with zero attached hydrogens (tertiary/aromatic N) is 1. The molecule has 0 heterocycles. The molecule has 0 aromatic rings.